The van der Waals surface area contributed by atoms with Crippen LogP contribution in [0.25, 0.3) is 0 Å². The number of rotatable bonds is 4. The SMILES string of the molecule is CPC(C)N(C(C)C)C(C)C. The van der Waals surface area contributed by atoms with Gasteiger partial charge in [-0.05, 0) is 41.3 Å². The zero-order valence-electron chi connectivity index (χ0n) is 8.68. The lowest BCUT2D eigenvalue weighted by Crippen LogP contribution is -2.41. The molecule has 0 aromatic rings. The maximum absolute atomic E-state index is 2.57. The average Bonchev–Trinajstić information content (AvgIpc) is 1.85. The summed E-state index contributed by atoms with van der Waals surface area (Å²) in [5, 5.41) is 0. The third-order valence-electron chi connectivity index (χ3n) is 2.06. The van der Waals surface area contributed by atoms with Crippen LogP contribution in [0.1, 0.15) is 34.6 Å². The largest absolute Gasteiger partial charge is 0.292 e. The predicted octanol–water partition coefficient (Wildman–Crippen LogP) is 2.76. The average molecular weight is 175 g/mol. The van der Waals surface area contributed by atoms with Gasteiger partial charge in [0.05, 0.1) is 0 Å². The minimum atomic E-state index is 0.678. The minimum absolute atomic E-state index is 0.678. The topological polar surface area (TPSA) is 3.24 Å². The Balaban J connectivity index is 4.09. The van der Waals surface area contributed by atoms with Crippen LogP contribution in [0, 0.1) is 0 Å². The summed E-state index contributed by atoms with van der Waals surface area (Å²) >= 11 is 0. The molecule has 0 saturated carbocycles. The van der Waals surface area contributed by atoms with Crippen LogP contribution < -0.4 is 0 Å². The monoisotopic (exact) mass is 175 g/mol. The van der Waals surface area contributed by atoms with Gasteiger partial charge in [-0.2, -0.15) is 0 Å². The molecule has 0 aromatic carbocycles. The van der Waals surface area contributed by atoms with Gasteiger partial charge in [0.15, 0.2) is 0 Å². The second-order valence-corrected chi connectivity index (χ2v) is 5.01. The fourth-order valence-electron chi connectivity index (χ4n) is 1.64. The van der Waals surface area contributed by atoms with Crippen LogP contribution in [0.4, 0.5) is 0 Å². The number of hydrogen-bond donors (Lipinski definition) is 0. The van der Waals surface area contributed by atoms with Gasteiger partial charge in [0.2, 0.25) is 0 Å². The number of hydrogen-bond acceptors (Lipinski definition) is 1. The Hall–Kier alpha value is 0.390. The molecule has 0 saturated heterocycles. The van der Waals surface area contributed by atoms with Gasteiger partial charge in [-0.3, -0.25) is 4.90 Å². The highest BCUT2D eigenvalue weighted by molar-refractivity contribution is 7.37. The lowest BCUT2D eigenvalue weighted by atomic mass is 10.2. The second-order valence-electron chi connectivity index (χ2n) is 3.60. The maximum Gasteiger partial charge on any atom is 0.0242 e. The Kier molecular flexibility index (Phi) is 5.29. The normalized spacial score (nSPS) is 16.1. The summed E-state index contributed by atoms with van der Waals surface area (Å²) < 4.78 is 0. The van der Waals surface area contributed by atoms with E-state index >= 15 is 0 Å². The smallest absolute Gasteiger partial charge is 0.0242 e. The Labute approximate surface area is 73.3 Å². The lowest BCUT2D eigenvalue weighted by Gasteiger charge is -2.35. The van der Waals surface area contributed by atoms with Crippen molar-refractivity contribution < 1.29 is 0 Å². The molecule has 2 heteroatoms. The van der Waals surface area contributed by atoms with Crippen LogP contribution in [-0.4, -0.2) is 29.4 Å². The molecule has 0 fully saturated rings. The first-order valence-electron chi connectivity index (χ1n) is 4.45. The quantitative estimate of drug-likeness (QED) is 0.594. The molecule has 2 unspecified atom stereocenters. The molecule has 0 aliphatic heterocycles. The molecule has 68 valence electrons. The Morgan fingerprint density at radius 2 is 1.27 bits per heavy atom. The summed E-state index contributed by atoms with van der Waals surface area (Å²) in [5.41, 5.74) is 0. The van der Waals surface area contributed by atoms with Gasteiger partial charge in [-0.1, -0.05) is 0 Å². The zero-order chi connectivity index (χ0) is 9.02. The van der Waals surface area contributed by atoms with E-state index in [2.05, 4.69) is 46.2 Å². The zero-order valence-corrected chi connectivity index (χ0v) is 9.68. The van der Waals surface area contributed by atoms with Gasteiger partial charge in [0.1, 0.15) is 0 Å². The van der Waals surface area contributed by atoms with Gasteiger partial charge < -0.3 is 0 Å². The maximum atomic E-state index is 2.57. The van der Waals surface area contributed by atoms with E-state index in [1.54, 1.807) is 0 Å². The van der Waals surface area contributed by atoms with Crippen molar-refractivity contribution in [1.82, 2.24) is 4.90 Å². The second kappa shape index (κ2) is 5.11. The first-order chi connectivity index (χ1) is 5.00. The standard InChI is InChI=1S/C9H22NP/c1-7(2)10(8(3)4)9(5)11-6/h7-9,11H,1-6H3. The van der Waals surface area contributed by atoms with E-state index < -0.39 is 0 Å². The van der Waals surface area contributed by atoms with E-state index in [1.807, 2.05) is 0 Å². The highest BCUT2D eigenvalue weighted by atomic mass is 31.1. The molecule has 0 aliphatic rings. The highest BCUT2D eigenvalue weighted by Gasteiger charge is 2.17. The lowest BCUT2D eigenvalue weighted by molar-refractivity contribution is 0.166. The summed E-state index contributed by atoms with van der Waals surface area (Å²) in [7, 11) is 1.02. The van der Waals surface area contributed by atoms with E-state index in [0.29, 0.717) is 12.1 Å². The van der Waals surface area contributed by atoms with Gasteiger partial charge in [-0.25, -0.2) is 0 Å². The molecular formula is C9H22NP. The summed E-state index contributed by atoms with van der Waals surface area (Å²) in [5.74, 6) is 0.745. The minimum Gasteiger partial charge on any atom is -0.292 e. The van der Waals surface area contributed by atoms with Crippen molar-refractivity contribution in [2.24, 2.45) is 0 Å². The molecule has 0 rings (SSSR count). The van der Waals surface area contributed by atoms with Gasteiger partial charge >= 0.3 is 0 Å². The van der Waals surface area contributed by atoms with Crippen LogP contribution in [-0.2, 0) is 0 Å². The molecule has 0 N–H and O–H groups in total. The van der Waals surface area contributed by atoms with Crippen LogP contribution in [0.5, 0.6) is 0 Å². The van der Waals surface area contributed by atoms with E-state index in [4.69, 9.17) is 0 Å². The molecule has 0 aromatic heterocycles. The van der Waals surface area contributed by atoms with Gasteiger partial charge in [-0.15, -0.1) is 8.58 Å². The molecule has 0 heterocycles. The Bertz CT molecular complexity index is 93.7. The molecule has 0 aliphatic carbocycles. The molecule has 0 bridgehead atoms. The summed E-state index contributed by atoms with van der Waals surface area (Å²) in [4.78, 5) is 2.57. The number of nitrogens with zero attached hydrogens (tertiary/aromatic N) is 1. The predicted molar refractivity (Wildman–Crippen MR) is 55.8 cm³/mol. The summed E-state index contributed by atoms with van der Waals surface area (Å²) in [6.45, 7) is 13.7. The van der Waals surface area contributed by atoms with Crippen molar-refractivity contribution in [3.05, 3.63) is 0 Å². The first kappa shape index (κ1) is 11.4. The molecule has 1 nitrogen and oxygen atoms in total. The van der Waals surface area contributed by atoms with Crippen LogP contribution in [0.3, 0.4) is 0 Å². The van der Waals surface area contributed by atoms with Crippen LogP contribution in [0.15, 0.2) is 0 Å². The Morgan fingerprint density at radius 3 is 1.36 bits per heavy atom. The van der Waals surface area contributed by atoms with E-state index in [1.165, 1.54) is 0 Å². The van der Waals surface area contributed by atoms with Crippen molar-refractivity contribution in [1.29, 1.82) is 0 Å². The van der Waals surface area contributed by atoms with Crippen molar-refractivity contribution in [2.45, 2.75) is 52.5 Å². The fourth-order valence-corrected chi connectivity index (χ4v) is 2.53. The van der Waals surface area contributed by atoms with Crippen LogP contribution in [0.2, 0.25) is 0 Å². The van der Waals surface area contributed by atoms with Gasteiger partial charge in [0.25, 0.3) is 0 Å². The van der Waals surface area contributed by atoms with Crippen molar-refractivity contribution >= 4 is 8.58 Å². The van der Waals surface area contributed by atoms with Gasteiger partial charge in [0, 0.05) is 17.9 Å². The summed E-state index contributed by atoms with van der Waals surface area (Å²) in [6, 6.07) is 1.36. The molecule has 0 spiro atoms. The van der Waals surface area contributed by atoms with E-state index in [9.17, 15) is 0 Å². The molecule has 0 amide bonds. The van der Waals surface area contributed by atoms with Crippen molar-refractivity contribution in [3.63, 3.8) is 0 Å². The third kappa shape index (κ3) is 3.53. The molecule has 2 atom stereocenters. The third-order valence-corrected chi connectivity index (χ3v) is 3.19. The van der Waals surface area contributed by atoms with E-state index in [-0.39, 0.29) is 0 Å². The summed E-state index contributed by atoms with van der Waals surface area (Å²) in [6.07, 6.45) is 0. The van der Waals surface area contributed by atoms with Crippen molar-refractivity contribution in [2.75, 3.05) is 6.66 Å². The highest BCUT2D eigenvalue weighted by Crippen LogP contribution is 2.22. The molecule has 0 radical (unpaired) electrons. The Morgan fingerprint density at radius 1 is 0.909 bits per heavy atom. The fraction of sp³-hybridized carbons (Fsp3) is 1.00. The molecular weight excluding hydrogens is 153 g/mol. The van der Waals surface area contributed by atoms with E-state index in [0.717, 1.165) is 14.4 Å². The molecule has 11 heavy (non-hydrogen) atoms. The van der Waals surface area contributed by atoms with Crippen molar-refractivity contribution in [3.8, 4) is 0 Å². The first-order valence-corrected chi connectivity index (χ1v) is 6.03. The van der Waals surface area contributed by atoms with Crippen LogP contribution >= 0.6 is 8.58 Å².